The lowest BCUT2D eigenvalue weighted by Gasteiger charge is -2.11. The largest absolute Gasteiger partial charge is 0.497 e. The van der Waals surface area contributed by atoms with Crippen LogP contribution in [0, 0.1) is 0 Å². The summed E-state index contributed by atoms with van der Waals surface area (Å²) in [7, 11) is 1.61. The van der Waals surface area contributed by atoms with Gasteiger partial charge in [0.15, 0.2) is 5.16 Å². The fourth-order valence-electron chi connectivity index (χ4n) is 4.07. The minimum atomic E-state index is -0.0221. The standard InChI is InChI=1S/C27H27N5O3S2/c1-35-19-12-10-18(11-13-19)28-24(33)9-3-2-6-15-32-26(34)25-22(14-16-36-25)31-27(32)37-17-23-29-20-7-4-5-8-21(20)30-23/h4-5,7-8,10-14,16H,2-3,6,9,15,17H2,1H3,(H,28,33)(H,29,30). The van der Waals surface area contributed by atoms with Crippen LogP contribution >= 0.6 is 23.1 Å². The average Bonchev–Trinajstić information content (AvgIpc) is 3.56. The second kappa shape index (κ2) is 11.6. The molecular formula is C27H27N5O3S2. The zero-order valence-corrected chi connectivity index (χ0v) is 22.0. The molecule has 190 valence electrons. The molecule has 0 saturated carbocycles. The Morgan fingerprint density at radius 2 is 1.89 bits per heavy atom. The van der Waals surface area contributed by atoms with Gasteiger partial charge in [0.1, 0.15) is 16.3 Å². The summed E-state index contributed by atoms with van der Waals surface area (Å²) in [5.41, 5.74) is 3.39. The number of hydrogen-bond acceptors (Lipinski definition) is 7. The summed E-state index contributed by atoms with van der Waals surface area (Å²) in [5, 5.41) is 5.50. The lowest BCUT2D eigenvalue weighted by molar-refractivity contribution is -0.116. The third-order valence-electron chi connectivity index (χ3n) is 5.97. The summed E-state index contributed by atoms with van der Waals surface area (Å²) in [6.45, 7) is 0.558. The number of nitrogens with zero attached hydrogens (tertiary/aromatic N) is 3. The number of para-hydroxylation sites is 2. The molecule has 0 aliphatic rings. The Balaban J connectivity index is 1.18. The molecular weight excluding hydrogens is 506 g/mol. The normalized spacial score (nSPS) is 11.3. The summed E-state index contributed by atoms with van der Waals surface area (Å²) < 4.78 is 7.58. The third kappa shape index (κ3) is 6.03. The van der Waals surface area contributed by atoms with Crippen molar-refractivity contribution in [2.75, 3.05) is 12.4 Å². The van der Waals surface area contributed by atoms with Crippen LogP contribution in [0.4, 0.5) is 5.69 Å². The van der Waals surface area contributed by atoms with Crippen molar-refractivity contribution < 1.29 is 9.53 Å². The Kier molecular flexibility index (Phi) is 7.86. The summed E-state index contributed by atoms with van der Waals surface area (Å²) >= 11 is 2.93. The molecule has 0 unspecified atom stereocenters. The van der Waals surface area contributed by atoms with E-state index in [2.05, 4.69) is 15.3 Å². The Morgan fingerprint density at radius 1 is 1.05 bits per heavy atom. The average molecular weight is 534 g/mol. The molecule has 0 aliphatic heterocycles. The number of thiophene rings is 1. The highest BCUT2D eigenvalue weighted by molar-refractivity contribution is 7.98. The fraction of sp³-hybridized carbons (Fsp3) is 0.259. The number of aromatic nitrogens is 4. The molecule has 1 amide bonds. The van der Waals surface area contributed by atoms with Gasteiger partial charge in [0, 0.05) is 18.7 Å². The van der Waals surface area contributed by atoms with Crippen LogP contribution in [0.25, 0.3) is 21.3 Å². The molecule has 5 rings (SSSR count). The van der Waals surface area contributed by atoms with Gasteiger partial charge in [0.25, 0.3) is 5.56 Å². The van der Waals surface area contributed by atoms with Gasteiger partial charge < -0.3 is 15.0 Å². The highest BCUT2D eigenvalue weighted by Crippen LogP contribution is 2.25. The van der Waals surface area contributed by atoms with E-state index in [4.69, 9.17) is 9.72 Å². The van der Waals surface area contributed by atoms with Crippen LogP contribution in [-0.4, -0.2) is 32.5 Å². The number of thioether (sulfide) groups is 1. The quantitative estimate of drug-likeness (QED) is 0.126. The van der Waals surface area contributed by atoms with Gasteiger partial charge in [-0.3, -0.25) is 14.2 Å². The van der Waals surface area contributed by atoms with E-state index >= 15 is 0 Å². The highest BCUT2D eigenvalue weighted by Gasteiger charge is 2.14. The first-order valence-corrected chi connectivity index (χ1v) is 14.0. The van der Waals surface area contributed by atoms with Crippen molar-refractivity contribution in [3.63, 3.8) is 0 Å². The summed E-state index contributed by atoms with van der Waals surface area (Å²) in [6, 6.07) is 17.1. The van der Waals surface area contributed by atoms with Crippen LogP contribution < -0.4 is 15.6 Å². The second-order valence-electron chi connectivity index (χ2n) is 8.56. The van der Waals surface area contributed by atoms with E-state index in [0.29, 0.717) is 28.6 Å². The van der Waals surface area contributed by atoms with Crippen LogP contribution in [0.2, 0.25) is 0 Å². The summed E-state index contributed by atoms with van der Waals surface area (Å²) in [6.07, 6.45) is 2.79. The number of carbonyl (C=O) groups excluding carboxylic acids is 1. The monoisotopic (exact) mass is 533 g/mol. The van der Waals surface area contributed by atoms with Gasteiger partial charge >= 0.3 is 0 Å². The molecule has 10 heteroatoms. The molecule has 2 N–H and O–H groups in total. The second-order valence-corrected chi connectivity index (χ2v) is 10.4. The first-order valence-electron chi connectivity index (χ1n) is 12.1. The van der Waals surface area contributed by atoms with E-state index < -0.39 is 0 Å². The van der Waals surface area contributed by atoms with Gasteiger partial charge in [0.2, 0.25) is 5.91 Å². The predicted molar refractivity (Wildman–Crippen MR) is 150 cm³/mol. The number of aromatic amines is 1. The van der Waals surface area contributed by atoms with Gasteiger partial charge in [0.05, 0.1) is 29.4 Å². The maximum absolute atomic E-state index is 13.2. The zero-order chi connectivity index (χ0) is 25.6. The number of methoxy groups -OCH3 is 1. The number of unbranched alkanes of at least 4 members (excludes halogenated alkanes) is 2. The smallest absolute Gasteiger partial charge is 0.272 e. The fourth-order valence-corrected chi connectivity index (χ4v) is 5.74. The highest BCUT2D eigenvalue weighted by atomic mass is 32.2. The van der Waals surface area contributed by atoms with Crippen LogP contribution in [0.3, 0.4) is 0 Å². The molecule has 0 bridgehead atoms. The van der Waals surface area contributed by atoms with Crippen molar-refractivity contribution >= 4 is 55.9 Å². The van der Waals surface area contributed by atoms with Crippen molar-refractivity contribution in [1.82, 2.24) is 19.5 Å². The van der Waals surface area contributed by atoms with Gasteiger partial charge in [-0.25, -0.2) is 9.97 Å². The van der Waals surface area contributed by atoms with Gasteiger partial charge in [-0.15, -0.1) is 11.3 Å². The SMILES string of the molecule is COc1ccc(NC(=O)CCCCCn2c(SCc3nc4ccccc4[nH]3)nc3ccsc3c2=O)cc1. The number of imidazole rings is 1. The molecule has 37 heavy (non-hydrogen) atoms. The molecule has 5 aromatic rings. The number of amides is 1. The van der Waals surface area contributed by atoms with Crippen molar-refractivity contribution in [3.05, 3.63) is 76.2 Å². The molecule has 0 saturated heterocycles. The molecule has 0 spiro atoms. The Labute approximate surface area is 222 Å². The van der Waals surface area contributed by atoms with Gasteiger partial charge in [-0.05, 0) is 60.7 Å². The molecule has 3 heterocycles. The van der Waals surface area contributed by atoms with Gasteiger partial charge in [-0.2, -0.15) is 0 Å². The van der Waals surface area contributed by atoms with E-state index in [-0.39, 0.29) is 11.5 Å². The van der Waals surface area contributed by atoms with E-state index in [1.165, 1.54) is 23.1 Å². The predicted octanol–water partition coefficient (Wildman–Crippen LogP) is 5.83. The zero-order valence-electron chi connectivity index (χ0n) is 20.4. The van der Waals surface area contributed by atoms with Crippen molar-refractivity contribution in [1.29, 1.82) is 0 Å². The van der Waals surface area contributed by atoms with Gasteiger partial charge in [-0.1, -0.05) is 30.3 Å². The number of benzene rings is 2. The number of nitrogens with one attached hydrogen (secondary N) is 2. The van der Waals surface area contributed by atoms with E-state index in [0.717, 1.165) is 53.1 Å². The molecule has 0 aliphatic carbocycles. The van der Waals surface area contributed by atoms with Crippen LogP contribution in [0.5, 0.6) is 5.75 Å². The number of H-pyrrole nitrogens is 1. The lowest BCUT2D eigenvalue weighted by atomic mass is 10.2. The number of ether oxygens (including phenoxy) is 1. The minimum Gasteiger partial charge on any atom is -0.497 e. The van der Waals surface area contributed by atoms with Crippen LogP contribution in [0.15, 0.2) is 69.9 Å². The summed E-state index contributed by atoms with van der Waals surface area (Å²) in [5.74, 6) is 2.16. The van der Waals surface area contributed by atoms with Crippen LogP contribution in [0.1, 0.15) is 31.5 Å². The lowest BCUT2D eigenvalue weighted by Crippen LogP contribution is -2.22. The molecule has 0 radical (unpaired) electrons. The number of hydrogen-bond donors (Lipinski definition) is 2. The maximum Gasteiger partial charge on any atom is 0.272 e. The minimum absolute atomic E-state index is 0.00986. The van der Waals surface area contributed by atoms with Crippen molar-refractivity contribution in [2.24, 2.45) is 0 Å². The van der Waals surface area contributed by atoms with Crippen molar-refractivity contribution in [3.8, 4) is 5.75 Å². The third-order valence-corrected chi connectivity index (χ3v) is 7.85. The maximum atomic E-state index is 13.2. The number of carbonyl (C=O) groups is 1. The molecule has 2 aromatic carbocycles. The Bertz CT molecular complexity index is 1540. The molecule has 3 aromatic heterocycles. The number of rotatable bonds is 11. The van der Waals surface area contributed by atoms with Crippen LogP contribution in [-0.2, 0) is 17.1 Å². The molecule has 0 atom stereocenters. The number of fused-ring (bicyclic) bond motifs is 2. The Hall–Kier alpha value is -3.63. The first-order chi connectivity index (χ1) is 18.1. The van der Waals surface area contributed by atoms with E-state index in [1.807, 2.05) is 60.0 Å². The molecule has 8 nitrogen and oxygen atoms in total. The topological polar surface area (TPSA) is 102 Å². The van der Waals surface area contributed by atoms with E-state index in [1.54, 1.807) is 11.7 Å². The molecule has 0 fully saturated rings. The summed E-state index contributed by atoms with van der Waals surface area (Å²) in [4.78, 5) is 38.2. The van der Waals surface area contributed by atoms with Crippen molar-refractivity contribution in [2.45, 2.75) is 43.1 Å². The van der Waals surface area contributed by atoms with E-state index in [9.17, 15) is 9.59 Å². The number of anilines is 1. The Morgan fingerprint density at radius 3 is 2.70 bits per heavy atom. The first kappa shape index (κ1) is 25.0.